The zero-order valence-electron chi connectivity index (χ0n) is 13.6. The van der Waals surface area contributed by atoms with Crippen molar-refractivity contribution in [3.8, 4) is 0 Å². The van der Waals surface area contributed by atoms with Crippen molar-refractivity contribution in [2.75, 3.05) is 24.6 Å². The predicted molar refractivity (Wildman–Crippen MR) is 97.4 cm³/mol. The molecule has 6 nitrogen and oxygen atoms in total. The van der Waals surface area contributed by atoms with Crippen molar-refractivity contribution in [1.82, 2.24) is 10.6 Å². The third kappa shape index (κ3) is 7.65. The maximum absolute atomic E-state index is 12.3. The summed E-state index contributed by atoms with van der Waals surface area (Å²) in [7, 11) is 0. The smallest absolute Gasteiger partial charge is 0.220 e. The molecule has 8 heteroatoms. The van der Waals surface area contributed by atoms with Crippen LogP contribution in [0.1, 0.15) is 34.6 Å². The molecule has 1 rings (SSSR count). The van der Waals surface area contributed by atoms with Gasteiger partial charge in [0.25, 0.3) is 0 Å². The molecule has 0 atom stereocenters. The van der Waals surface area contributed by atoms with Crippen molar-refractivity contribution < 1.29 is 19.2 Å². The topological polar surface area (TPSA) is 92.3 Å². The second-order valence-electron chi connectivity index (χ2n) is 4.78. The summed E-state index contributed by atoms with van der Waals surface area (Å²) in [6, 6.07) is 6.66. The van der Waals surface area contributed by atoms with Gasteiger partial charge in [-0.2, -0.15) is 0 Å². The summed E-state index contributed by atoms with van der Waals surface area (Å²) in [4.78, 5) is 46.1. The Bertz CT molecular complexity index is 567. The molecule has 0 spiro atoms. The first kappa shape index (κ1) is 20.2. The molecule has 130 valence electrons. The predicted octanol–water partition coefficient (Wildman–Crippen LogP) is 1.71. The van der Waals surface area contributed by atoms with Crippen molar-refractivity contribution in [3.63, 3.8) is 0 Å². The molecule has 0 unspecified atom stereocenters. The van der Waals surface area contributed by atoms with E-state index < -0.39 is 0 Å². The molecule has 1 aromatic carbocycles. The molecule has 0 aliphatic carbocycles. The Morgan fingerprint density at radius 3 is 1.50 bits per heavy atom. The average molecular weight is 368 g/mol. The van der Waals surface area contributed by atoms with Crippen molar-refractivity contribution in [3.05, 3.63) is 35.4 Å². The van der Waals surface area contributed by atoms with E-state index in [9.17, 15) is 19.2 Å². The van der Waals surface area contributed by atoms with Gasteiger partial charge in [-0.15, -0.1) is 0 Å². The molecule has 0 saturated carbocycles. The number of thioether (sulfide) groups is 2. The fourth-order valence-electron chi connectivity index (χ4n) is 1.74. The van der Waals surface area contributed by atoms with Crippen LogP contribution in [0.15, 0.2) is 24.3 Å². The van der Waals surface area contributed by atoms with Crippen LogP contribution in [0.4, 0.5) is 0 Å². The number of carbonyl (C=O) groups excluding carboxylic acids is 4. The van der Waals surface area contributed by atoms with Gasteiger partial charge < -0.3 is 10.6 Å². The van der Waals surface area contributed by atoms with Crippen LogP contribution in [0.2, 0.25) is 0 Å². The van der Waals surface area contributed by atoms with Crippen LogP contribution in [0.3, 0.4) is 0 Å². The van der Waals surface area contributed by atoms with E-state index >= 15 is 0 Å². The van der Waals surface area contributed by atoms with E-state index in [2.05, 4.69) is 10.6 Å². The first-order valence-corrected chi connectivity index (χ1v) is 9.31. The summed E-state index contributed by atoms with van der Waals surface area (Å²) in [6.07, 6.45) is 0. The quantitative estimate of drug-likeness (QED) is 0.679. The summed E-state index contributed by atoms with van der Waals surface area (Å²) in [5.74, 6) is 0.594. The van der Waals surface area contributed by atoms with Gasteiger partial charge in [0.2, 0.25) is 22.0 Å². The fourth-order valence-corrected chi connectivity index (χ4v) is 3.18. The number of hydrogen-bond acceptors (Lipinski definition) is 6. The first-order valence-electron chi connectivity index (χ1n) is 7.34. The Kier molecular flexibility index (Phi) is 9.18. The minimum Gasteiger partial charge on any atom is -0.356 e. The summed E-state index contributed by atoms with van der Waals surface area (Å²) >= 11 is 2.13. The molecule has 0 radical (unpaired) electrons. The molecular formula is C16H20N2O4S2. The number of nitrogens with one attached hydrogen (secondary N) is 2. The molecule has 0 aromatic heterocycles. The Hall–Kier alpha value is -1.80. The molecule has 0 saturated heterocycles. The lowest BCUT2D eigenvalue weighted by atomic mass is 10.1. The van der Waals surface area contributed by atoms with Crippen LogP contribution >= 0.6 is 23.5 Å². The maximum Gasteiger partial charge on any atom is 0.220 e. The molecule has 0 bridgehead atoms. The van der Waals surface area contributed by atoms with Crippen molar-refractivity contribution in [2.24, 2.45) is 0 Å². The van der Waals surface area contributed by atoms with Gasteiger partial charge in [0.05, 0.1) is 0 Å². The number of amides is 2. The third-order valence-corrected chi connectivity index (χ3v) is 4.57. The van der Waals surface area contributed by atoms with Crippen molar-refractivity contribution in [2.45, 2.75) is 13.8 Å². The number of hydrogen-bond donors (Lipinski definition) is 2. The number of rotatable bonds is 8. The monoisotopic (exact) mass is 368 g/mol. The second kappa shape index (κ2) is 10.9. The lowest BCUT2D eigenvalue weighted by Crippen LogP contribution is -2.23. The molecule has 2 N–H and O–H groups in total. The third-order valence-electron chi connectivity index (χ3n) is 2.79. The largest absolute Gasteiger partial charge is 0.356 e. The molecule has 2 amide bonds. The summed E-state index contributed by atoms with van der Waals surface area (Å²) in [5.41, 5.74) is 0.727. The SMILES string of the molecule is CC(=O)NCCSC(=O)c1ccccc1C(=O)SCCNC(C)=O. The highest BCUT2D eigenvalue weighted by molar-refractivity contribution is 8.14. The average Bonchev–Trinajstić information content (AvgIpc) is 2.54. The van der Waals surface area contributed by atoms with Crippen LogP contribution in [0, 0.1) is 0 Å². The molecule has 0 aliphatic heterocycles. The first-order chi connectivity index (χ1) is 11.4. The van der Waals surface area contributed by atoms with Crippen LogP contribution in [-0.2, 0) is 9.59 Å². The number of benzene rings is 1. The number of carbonyl (C=O) groups is 4. The van der Waals surface area contributed by atoms with E-state index in [0.29, 0.717) is 35.7 Å². The Balaban J connectivity index is 2.59. The summed E-state index contributed by atoms with van der Waals surface area (Å²) in [5, 5.41) is 4.83. The molecule has 0 heterocycles. The molecular weight excluding hydrogens is 348 g/mol. The molecule has 0 aliphatic rings. The van der Waals surface area contributed by atoms with Crippen molar-refractivity contribution in [1.29, 1.82) is 0 Å². The van der Waals surface area contributed by atoms with Crippen LogP contribution in [0.5, 0.6) is 0 Å². The van der Waals surface area contributed by atoms with Gasteiger partial charge in [-0.1, -0.05) is 35.7 Å². The minimum absolute atomic E-state index is 0.144. The van der Waals surface area contributed by atoms with Gasteiger partial charge in [-0.3, -0.25) is 19.2 Å². The summed E-state index contributed by atoms with van der Waals surface area (Å²) < 4.78 is 0. The zero-order valence-corrected chi connectivity index (χ0v) is 15.2. The van der Waals surface area contributed by atoms with E-state index in [-0.39, 0.29) is 22.0 Å². The maximum atomic E-state index is 12.3. The highest BCUT2D eigenvalue weighted by Gasteiger charge is 2.17. The fraction of sp³-hybridized carbons (Fsp3) is 0.375. The highest BCUT2D eigenvalue weighted by atomic mass is 32.2. The Morgan fingerprint density at radius 2 is 1.17 bits per heavy atom. The van der Waals surface area contributed by atoms with Crippen LogP contribution < -0.4 is 10.6 Å². The molecule has 0 fully saturated rings. The van der Waals surface area contributed by atoms with Crippen molar-refractivity contribution >= 4 is 45.6 Å². The van der Waals surface area contributed by atoms with E-state index in [1.807, 2.05) is 0 Å². The van der Waals surface area contributed by atoms with E-state index in [1.165, 1.54) is 13.8 Å². The molecule has 1 aromatic rings. The summed E-state index contributed by atoms with van der Waals surface area (Å²) in [6.45, 7) is 3.62. The van der Waals surface area contributed by atoms with E-state index in [1.54, 1.807) is 24.3 Å². The van der Waals surface area contributed by atoms with Gasteiger partial charge in [0, 0.05) is 49.6 Å². The van der Waals surface area contributed by atoms with Gasteiger partial charge in [0.1, 0.15) is 0 Å². The second-order valence-corrected chi connectivity index (χ2v) is 6.92. The Morgan fingerprint density at radius 1 is 0.792 bits per heavy atom. The highest BCUT2D eigenvalue weighted by Crippen LogP contribution is 2.21. The van der Waals surface area contributed by atoms with Crippen LogP contribution in [0.25, 0.3) is 0 Å². The van der Waals surface area contributed by atoms with Gasteiger partial charge in [0.15, 0.2) is 0 Å². The zero-order chi connectivity index (χ0) is 17.9. The normalized spacial score (nSPS) is 10.1. The van der Waals surface area contributed by atoms with E-state index in [4.69, 9.17) is 0 Å². The van der Waals surface area contributed by atoms with Gasteiger partial charge >= 0.3 is 0 Å². The van der Waals surface area contributed by atoms with Crippen LogP contribution in [-0.4, -0.2) is 46.6 Å². The standard InChI is InChI=1S/C16H20N2O4S2/c1-11(19)17-7-9-23-15(21)13-5-3-4-6-14(13)16(22)24-10-8-18-12(2)20/h3-6H,7-10H2,1-2H3,(H,17,19)(H,18,20). The minimum atomic E-state index is -0.202. The Labute approximate surface area is 149 Å². The lowest BCUT2D eigenvalue weighted by Gasteiger charge is -2.08. The van der Waals surface area contributed by atoms with E-state index in [0.717, 1.165) is 23.5 Å². The lowest BCUT2D eigenvalue weighted by molar-refractivity contribution is -0.119. The van der Waals surface area contributed by atoms with Gasteiger partial charge in [-0.25, -0.2) is 0 Å². The van der Waals surface area contributed by atoms with Gasteiger partial charge in [-0.05, 0) is 12.1 Å². The molecule has 24 heavy (non-hydrogen) atoms.